The molecule has 4 saturated heterocycles. The van der Waals surface area contributed by atoms with Gasteiger partial charge in [0.05, 0.1) is 13.2 Å². The van der Waals surface area contributed by atoms with Gasteiger partial charge in [0.2, 0.25) is 0 Å². The third-order valence-electron chi connectivity index (χ3n) is 6.85. The van der Waals surface area contributed by atoms with E-state index in [0.29, 0.717) is 30.4 Å². The summed E-state index contributed by atoms with van der Waals surface area (Å²) in [6.45, 7) is 13.5. The fraction of sp³-hybridized carbons (Fsp3) is 0.842. The molecule has 0 spiro atoms. The lowest BCUT2D eigenvalue weighted by Crippen LogP contribution is -2.47. The Morgan fingerprint density at radius 2 is 2.08 bits per heavy atom. The van der Waals surface area contributed by atoms with Gasteiger partial charge in [-0.05, 0) is 25.2 Å². The Morgan fingerprint density at radius 1 is 1.38 bits per heavy atom. The van der Waals surface area contributed by atoms with Gasteiger partial charge in [-0.15, -0.1) is 0 Å². The molecule has 0 aromatic carbocycles. The molecule has 4 aliphatic rings. The van der Waals surface area contributed by atoms with E-state index in [2.05, 4.69) is 25.3 Å². The first kappa shape index (κ1) is 16.4. The van der Waals surface area contributed by atoms with Crippen LogP contribution in [0.25, 0.3) is 0 Å². The van der Waals surface area contributed by atoms with Crippen LogP contribution in [0.2, 0.25) is 0 Å². The minimum atomic E-state index is -0.135. The van der Waals surface area contributed by atoms with Gasteiger partial charge in [-0.3, -0.25) is 4.90 Å². The molecule has 0 N–H and O–H groups in total. The summed E-state index contributed by atoms with van der Waals surface area (Å²) in [7, 11) is 0. The Bertz CT molecular complexity index is 523. The lowest BCUT2D eigenvalue weighted by Gasteiger charge is -2.38. The van der Waals surface area contributed by atoms with Crippen LogP contribution in [-0.4, -0.2) is 66.9 Å². The normalized spacial score (nSPS) is 38.9. The van der Waals surface area contributed by atoms with Crippen molar-refractivity contribution in [2.75, 3.05) is 39.5 Å². The molecular formula is C19H30N2O3. The molecule has 24 heavy (non-hydrogen) atoms. The smallest absolute Gasteiger partial charge is 0.409 e. The number of hydrogen-bond donors (Lipinski definition) is 0. The van der Waals surface area contributed by atoms with Crippen LogP contribution in [0.15, 0.2) is 12.2 Å². The highest BCUT2D eigenvalue weighted by Crippen LogP contribution is 2.48. The molecular weight excluding hydrogens is 304 g/mol. The molecule has 0 bridgehead atoms. The number of rotatable bonds is 3. The molecule has 0 aromatic heterocycles. The zero-order chi connectivity index (χ0) is 16.9. The van der Waals surface area contributed by atoms with Gasteiger partial charge in [-0.25, -0.2) is 4.79 Å². The molecule has 0 aromatic rings. The maximum absolute atomic E-state index is 12.4. The van der Waals surface area contributed by atoms with E-state index in [-0.39, 0.29) is 11.6 Å². The summed E-state index contributed by atoms with van der Waals surface area (Å²) in [5.74, 6) is 1.63. The Kier molecular flexibility index (Phi) is 4.12. The largest absolute Gasteiger partial charge is 0.448 e. The van der Waals surface area contributed by atoms with Crippen LogP contribution < -0.4 is 0 Å². The number of amides is 1. The van der Waals surface area contributed by atoms with Crippen LogP contribution in [0, 0.1) is 17.8 Å². The van der Waals surface area contributed by atoms with Gasteiger partial charge >= 0.3 is 6.09 Å². The zero-order valence-corrected chi connectivity index (χ0v) is 15.0. The van der Waals surface area contributed by atoms with Crippen molar-refractivity contribution >= 4 is 6.09 Å². The first-order chi connectivity index (χ1) is 11.5. The summed E-state index contributed by atoms with van der Waals surface area (Å²) in [5.41, 5.74) is 1.57. The molecule has 0 radical (unpaired) electrons. The minimum absolute atomic E-state index is 0.135. The summed E-state index contributed by atoms with van der Waals surface area (Å²) in [5, 5.41) is 0. The van der Waals surface area contributed by atoms with Gasteiger partial charge < -0.3 is 14.4 Å². The second kappa shape index (κ2) is 6.03. The molecule has 1 amide bonds. The van der Waals surface area contributed by atoms with Crippen LogP contribution in [-0.2, 0) is 9.47 Å². The summed E-state index contributed by atoms with van der Waals surface area (Å²) in [4.78, 5) is 16.9. The first-order valence-electron chi connectivity index (χ1n) is 9.42. The molecule has 0 saturated carbocycles. The number of hydrogen-bond acceptors (Lipinski definition) is 4. The third kappa shape index (κ3) is 2.57. The van der Waals surface area contributed by atoms with Crippen molar-refractivity contribution in [3.8, 4) is 0 Å². The third-order valence-corrected chi connectivity index (χ3v) is 6.85. The molecule has 4 atom stereocenters. The fourth-order valence-electron chi connectivity index (χ4n) is 5.38. The summed E-state index contributed by atoms with van der Waals surface area (Å²) >= 11 is 0. The quantitative estimate of drug-likeness (QED) is 0.744. The highest BCUT2D eigenvalue weighted by molar-refractivity contribution is 5.68. The Labute approximate surface area is 145 Å². The van der Waals surface area contributed by atoms with E-state index in [1.807, 2.05) is 4.90 Å². The molecule has 4 unspecified atom stereocenters. The predicted octanol–water partition coefficient (Wildman–Crippen LogP) is 2.52. The standard InChI is InChI=1S/C19H30N2O3/c1-13(2)19-5-4-17(21(19)7-14(3)6-19)12-24-18(22)20-8-15-10-23-11-16(15)9-20/h13,15-17H,3-12H2,1-2H3. The molecule has 5 nitrogen and oxygen atoms in total. The molecule has 134 valence electrons. The number of nitrogens with zero attached hydrogens (tertiary/aromatic N) is 2. The molecule has 4 aliphatic heterocycles. The predicted molar refractivity (Wildman–Crippen MR) is 91.8 cm³/mol. The average molecular weight is 334 g/mol. The topological polar surface area (TPSA) is 42.0 Å². The van der Waals surface area contributed by atoms with E-state index in [4.69, 9.17) is 9.47 Å². The van der Waals surface area contributed by atoms with E-state index in [1.165, 1.54) is 12.0 Å². The Morgan fingerprint density at radius 3 is 2.75 bits per heavy atom. The van der Waals surface area contributed by atoms with Gasteiger partial charge in [-0.1, -0.05) is 26.0 Å². The van der Waals surface area contributed by atoms with E-state index < -0.39 is 0 Å². The summed E-state index contributed by atoms with van der Waals surface area (Å²) in [6, 6.07) is 0.348. The van der Waals surface area contributed by atoms with Crippen LogP contribution in [0.1, 0.15) is 33.1 Å². The van der Waals surface area contributed by atoms with Gasteiger partial charge in [0.15, 0.2) is 0 Å². The Balaban J connectivity index is 1.33. The fourth-order valence-corrected chi connectivity index (χ4v) is 5.38. The maximum atomic E-state index is 12.4. The highest BCUT2D eigenvalue weighted by atomic mass is 16.6. The van der Waals surface area contributed by atoms with Crippen LogP contribution >= 0.6 is 0 Å². The van der Waals surface area contributed by atoms with E-state index >= 15 is 0 Å². The SMILES string of the molecule is C=C1CN2C(COC(=O)N3CC4COCC4C3)CCC2(C(C)C)C1. The van der Waals surface area contributed by atoms with Gasteiger partial charge in [-0.2, -0.15) is 0 Å². The van der Waals surface area contributed by atoms with Crippen molar-refractivity contribution in [1.82, 2.24) is 9.80 Å². The number of carbonyl (C=O) groups is 1. The minimum Gasteiger partial charge on any atom is -0.448 e. The van der Waals surface area contributed by atoms with E-state index in [1.54, 1.807) is 0 Å². The number of carbonyl (C=O) groups excluding carboxylic acids is 1. The van der Waals surface area contributed by atoms with Gasteiger partial charge in [0.1, 0.15) is 6.61 Å². The second-order valence-electron chi connectivity index (χ2n) is 8.54. The van der Waals surface area contributed by atoms with Crippen LogP contribution in [0.4, 0.5) is 4.79 Å². The summed E-state index contributed by atoms with van der Waals surface area (Å²) in [6.07, 6.45) is 3.28. The van der Waals surface area contributed by atoms with Crippen LogP contribution in [0.3, 0.4) is 0 Å². The lowest BCUT2D eigenvalue weighted by molar-refractivity contribution is 0.0485. The molecule has 5 heteroatoms. The van der Waals surface area contributed by atoms with Crippen molar-refractivity contribution in [1.29, 1.82) is 0 Å². The van der Waals surface area contributed by atoms with Crippen molar-refractivity contribution in [3.63, 3.8) is 0 Å². The Hall–Kier alpha value is -1.07. The molecule has 0 aliphatic carbocycles. The molecule has 4 rings (SSSR count). The van der Waals surface area contributed by atoms with Crippen molar-refractivity contribution in [2.24, 2.45) is 17.8 Å². The molecule has 4 heterocycles. The van der Waals surface area contributed by atoms with Gasteiger partial charge in [0.25, 0.3) is 0 Å². The molecule has 4 fully saturated rings. The average Bonchev–Trinajstić information content (AvgIpc) is 3.23. The van der Waals surface area contributed by atoms with Crippen molar-refractivity contribution in [3.05, 3.63) is 12.2 Å². The van der Waals surface area contributed by atoms with Gasteiger partial charge in [0, 0.05) is 43.1 Å². The number of likely N-dealkylation sites (tertiary alicyclic amines) is 1. The number of fused-ring (bicyclic) bond motifs is 2. The van der Waals surface area contributed by atoms with Crippen LogP contribution in [0.5, 0.6) is 0 Å². The summed E-state index contributed by atoms with van der Waals surface area (Å²) < 4.78 is 11.2. The monoisotopic (exact) mass is 334 g/mol. The highest BCUT2D eigenvalue weighted by Gasteiger charge is 2.52. The van der Waals surface area contributed by atoms with E-state index in [0.717, 1.165) is 45.7 Å². The lowest BCUT2D eigenvalue weighted by atomic mass is 9.82. The van der Waals surface area contributed by atoms with Crippen molar-refractivity contribution < 1.29 is 14.3 Å². The maximum Gasteiger partial charge on any atom is 0.409 e. The second-order valence-corrected chi connectivity index (χ2v) is 8.54. The zero-order valence-electron chi connectivity index (χ0n) is 15.0. The first-order valence-corrected chi connectivity index (χ1v) is 9.42. The number of ether oxygens (including phenoxy) is 2. The van der Waals surface area contributed by atoms with E-state index in [9.17, 15) is 4.79 Å². The van der Waals surface area contributed by atoms with Crippen molar-refractivity contribution in [2.45, 2.75) is 44.7 Å².